The third kappa shape index (κ3) is 5.59. The van der Waals surface area contributed by atoms with Gasteiger partial charge in [0.05, 0.1) is 18.2 Å². The molecule has 0 radical (unpaired) electrons. The maximum absolute atomic E-state index is 13.6. The van der Waals surface area contributed by atoms with Crippen molar-refractivity contribution in [3.63, 3.8) is 0 Å². The lowest BCUT2D eigenvalue weighted by Gasteiger charge is -2.40. The van der Waals surface area contributed by atoms with Crippen LogP contribution in [-0.4, -0.2) is 67.5 Å². The number of carbonyl (C=O) groups excluding carboxylic acids is 2. The van der Waals surface area contributed by atoms with Crippen molar-refractivity contribution in [2.45, 2.75) is 12.5 Å². The number of nitrogens with one attached hydrogen (secondary N) is 1. The number of rotatable bonds is 7. The van der Waals surface area contributed by atoms with Gasteiger partial charge >= 0.3 is 0 Å². The van der Waals surface area contributed by atoms with Gasteiger partial charge in [-0.3, -0.25) is 14.5 Å². The zero-order valence-electron chi connectivity index (χ0n) is 17.7. The van der Waals surface area contributed by atoms with Gasteiger partial charge in [-0.25, -0.2) is 8.78 Å². The molecule has 0 spiro atoms. The van der Waals surface area contributed by atoms with Crippen molar-refractivity contribution in [2.24, 2.45) is 0 Å². The number of hydrogen-bond acceptors (Lipinski definition) is 5. The van der Waals surface area contributed by atoms with E-state index < -0.39 is 23.6 Å². The summed E-state index contributed by atoms with van der Waals surface area (Å²) in [6.07, 6.45) is 0.689. The molecule has 2 aromatic carbocycles. The van der Waals surface area contributed by atoms with Crippen LogP contribution < -0.4 is 10.1 Å². The fourth-order valence-electron chi connectivity index (χ4n) is 3.61. The number of amides is 2. The second-order valence-electron chi connectivity index (χ2n) is 7.40. The Kier molecular flexibility index (Phi) is 7.73. The average Bonchev–Trinajstić information content (AvgIpc) is 2.82. The van der Waals surface area contributed by atoms with Crippen LogP contribution in [0, 0.1) is 23.0 Å². The van der Waals surface area contributed by atoms with Crippen molar-refractivity contribution in [3.8, 4) is 11.8 Å². The largest absolute Gasteiger partial charge is 0.494 e. The summed E-state index contributed by atoms with van der Waals surface area (Å²) in [6.45, 7) is 2.22. The molecule has 2 aromatic rings. The first-order chi connectivity index (χ1) is 15.4. The van der Waals surface area contributed by atoms with Gasteiger partial charge < -0.3 is 15.0 Å². The van der Waals surface area contributed by atoms with Crippen LogP contribution in [0.4, 0.5) is 8.78 Å². The molecular formula is C23H24F2N4O3. The van der Waals surface area contributed by atoms with E-state index in [1.807, 2.05) is 0 Å². The summed E-state index contributed by atoms with van der Waals surface area (Å²) in [5, 5.41) is 11.5. The molecule has 0 bridgehead atoms. The molecule has 9 heteroatoms. The molecule has 0 aliphatic carbocycles. The molecule has 1 heterocycles. The van der Waals surface area contributed by atoms with Gasteiger partial charge in [0, 0.05) is 38.8 Å². The van der Waals surface area contributed by atoms with Crippen molar-refractivity contribution < 1.29 is 23.1 Å². The Bertz CT molecular complexity index is 1020. The van der Waals surface area contributed by atoms with E-state index in [9.17, 15) is 18.4 Å². The first kappa shape index (κ1) is 23.2. The van der Waals surface area contributed by atoms with E-state index >= 15 is 0 Å². The monoisotopic (exact) mass is 442 g/mol. The van der Waals surface area contributed by atoms with Crippen LogP contribution >= 0.6 is 0 Å². The van der Waals surface area contributed by atoms with Crippen LogP contribution in [0.15, 0.2) is 42.5 Å². The lowest BCUT2D eigenvalue weighted by atomic mass is 10.1. The van der Waals surface area contributed by atoms with Crippen LogP contribution in [0.25, 0.3) is 0 Å². The lowest BCUT2D eigenvalue weighted by Crippen LogP contribution is -2.60. The van der Waals surface area contributed by atoms with E-state index in [1.54, 1.807) is 24.3 Å². The highest BCUT2D eigenvalue weighted by Gasteiger charge is 2.35. The summed E-state index contributed by atoms with van der Waals surface area (Å²) in [7, 11) is 1.49. The van der Waals surface area contributed by atoms with Gasteiger partial charge in [0.15, 0.2) is 11.6 Å². The number of piperazine rings is 1. The molecule has 1 aliphatic rings. The first-order valence-corrected chi connectivity index (χ1v) is 10.3. The second kappa shape index (κ2) is 10.7. The third-order valence-corrected chi connectivity index (χ3v) is 5.29. The quantitative estimate of drug-likeness (QED) is 0.665. The SMILES string of the molecule is CNC(=O)C1CN(CCCOc2cccc(C#N)c2)CCN1C(=O)c1ccc(F)c(F)c1. The summed E-state index contributed by atoms with van der Waals surface area (Å²) < 4.78 is 32.5. The molecule has 32 heavy (non-hydrogen) atoms. The topological polar surface area (TPSA) is 85.7 Å². The maximum atomic E-state index is 13.6. The summed E-state index contributed by atoms with van der Waals surface area (Å²) >= 11 is 0. The Labute approximate surface area is 185 Å². The first-order valence-electron chi connectivity index (χ1n) is 10.3. The molecule has 168 valence electrons. The number of likely N-dealkylation sites (N-methyl/N-ethyl adjacent to an activating group) is 1. The molecular weight excluding hydrogens is 418 g/mol. The minimum atomic E-state index is -1.11. The molecule has 0 saturated carbocycles. The molecule has 2 amide bonds. The normalized spacial score (nSPS) is 16.3. The molecule has 7 nitrogen and oxygen atoms in total. The van der Waals surface area contributed by atoms with Crippen LogP contribution in [0.1, 0.15) is 22.3 Å². The molecule has 1 aliphatic heterocycles. The van der Waals surface area contributed by atoms with E-state index in [2.05, 4.69) is 16.3 Å². The van der Waals surface area contributed by atoms with E-state index in [-0.39, 0.29) is 18.0 Å². The Morgan fingerprint density at radius 2 is 2.00 bits per heavy atom. The van der Waals surface area contributed by atoms with Gasteiger partial charge in [0.25, 0.3) is 5.91 Å². The van der Waals surface area contributed by atoms with E-state index in [0.717, 1.165) is 12.1 Å². The molecule has 1 saturated heterocycles. The molecule has 0 aromatic heterocycles. The van der Waals surface area contributed by atoms with Crippen molar-refractivity contribution >= 4 is 11.8 Å². The molecule has 1 N–H and O–H groups in total. The standard InChI is InChI=1S/C23H24F2N4O3/c1-27-22(30)21-15-28(8-3-11-32-18-5-2-4-16(12-18)14-26)9-10-29(21)23(31)17-6-7-19(24)20(25)13-17/h2,4-7,12-13,21H,3,8-11,15H2,1H3,(H,27,30). The van der Waals surface area contributed by atoms with E-state index in [1.165, 1.54) is 18.0 Å². The minimum Gasteiger partial charge on any atom is -0.494 e. The highest BCUT2D eigenvalue weighted by molar-refractivity contribution is 5.97. The molecule has 1 atom stereocenters. The van der Waals surface area contributed by atoms with Crippen molar-refractivity contribution in [2.75, 3.05) is 39.8 Å². The number of hydrogen-bond donors (Lipinski definition) is 1. The van der Waals surface area contributed by atoms with Crippen molar-refractivity contribution in [3.05, 3.63) is 65.2 Å². The number of benzene rings is 2. The predicted octanol–water partition coefficient (Wildman–Crippen LogP) is 2.18. The van der Waals surface area contributed by atoms with Crippen LogP contribution in [-0.2, 0) is 4.79 Å². The number of carbonyl (C=O) groups is 2. The Hall–Kier alpha value is -3.51. The highest BCUT2D eigenvalue weighted by Crippen LogP contribution is 2.18. The van der Waals surface area contributed by atoms with Crippen LogP contribution in [0.2, 0.25) is 0 Å². The number of nitriles is 1. The van der Waals surface area contributed by atoms with Gasteiger partial charge in [0.1, 0.15) is 11.8 Å². The Morgan fingerprint density at radius 3 is 2.72 bits per heavy atom. The third-order valence-electron chi connectivity index (χ3n) is 5.29. The Morgan fingerprint density at radius 1 is 1.19 bits per heavy atom. The van der Waals surface area contributed by atoms with Crippen molar-refractivity contribution in [1.82, 2.24) is 15.1 Å². The van der Waals surface area contributed by atoms with Gasteiger partial charge in [-0.05, 0) is 42.8 Å². The zero-order chi connectivity index (χ0) is 23.1. The predicted molar refractivity (Wildman–Crippen MR) is 113 cm³/mol. The fraction of sp³-hybridized carbons (Fsp3) is 0.348. The highest BCUT2D eigenvalue weighted by atomic mass is 19.2. The summed E-state index contributed by atoms with van der Waals surface area (Å²) in [5.41, 5.74) is 0.525. The minimum absolute atomic E-state index is 0.000692. The second-order valence-corrected chi connectivity index (χ2v) is 7.40. The van der Waals surface area contributed by atoms with Gasteiger partial charge in [-0.15, -0.1) is 0 Å². The Balaban J connectivity index is 1.57. The summed E-state index contributed by atoms with van der Waals surface area (Å²) in [6, 6.07) is 11.2. The molecule has 1 unspecified atom stereocenters. The van der Waals surface area contributed by atoms with E-state index in [0.29, 0.717) is 44.0 Å². The average molecular weight is 442 g/mol. The van der Waals surface area contributed by atoms with Gasteiger partial charge in [-0.2, -0.15) is 5.26 Å². The number of halogens is 2. The molecule has 3 rings (SSSR count). The molecule has 1 fully saturated rings. The van der Waals surface area contributed by atoms with Crippen LogP contribution in [0.5, 0.6) is 5.75 Å². The van der Waals surface area contributed by atoms with Gasteiger partial charge in [-0.1, -0.05) is 6.07 Å². The number of nitrogens with zero attached hydrogens (tertiary/aromatic N) is 3. The van der Waals surface area contributed by atoms with Crippen molar-refractivity contribution in [1.29, 1.82) is 5.26 Å². The lowest BCUT2D eigenvalue weighted by molar-refractivity contribution is -0.127. The summed E-state index contributed by atoms with van der Waals surface area (Å²) in [5.74, 6) is -2.36. The van der Waals surface area contributed by atoms with E-state index in [4.69, 9.17) is 10.00 Å². The fourth-order valence-corrected chi connectivity index (χ4v) is 3.61. The summed E-state index contributed by atoms with van der Waals surface area (Å²) in [4.78, 5) is 28.8. The van der Waals surface area contributed by atoms with Crippen LogP contribution in [0.3, 0.4) is 0 Å². The van der Waals surface area contributed by atoms with Gasteiger partial charge in [0.2, 0.25) is 5.91 Å². The smallest absolute Gasteiger partial charge is 0.254 e. The number of ether oxygens (including phenoxy) is 1. The zero-order valence-corrected chi connectivity index (χ0v) is 17.7. The maximum Gasteiger partial charge on any atom is 0.254 e.